The van der Waals surface area contributed by atoms with E-state index in [4.69, 9.17) is 4.98 Å². The Balaban J connectivity index is 1.95. The average molecular weight is 472 g/mol. The summed E-state index contributed by atoms with van der Waals surface area (Å²) < 4.78 is 15.3. The van der Waals surface area contributed by atoms with Crippen molar-refractivity contribution in [2.24, 2.45) is 0 Å². The van der Waals surface area contributed by atoms with Gasteiger partial charge in [-0.05, 0) is 67.8 Å². The van der Waals surface area contributed by atoms with Gasteiger partial charge < -0.3 is 4.90 Å². The summed E-state index contributed by atoms with van der Waals surface area (Å²) in [4.78, 5) is 34.3. The largest absolute Gasteiger partial charge is 0.328 e. The Kier molecular flexibility index (Phi) is 7.39. The molecule has 1 atom stereocenters. The Hall–Kier alpha value is -3.80. The lowest BCUT2D eigenvalue weighted by molar-refractivity contribution is 0.0655. The van der Waals surface area contributed by atoms with E-state index >= 15 is 0 Å². The minimum Gasteiger partial charge on any atom is -0.328 e. The highest BCUT2D eigenvalue weighted by Crippen LogP contribution is 2.28. The molecular weight excluding hydrogens is 441 g/mol. The highest BCUT2D eigenvalue weighted by molar-refractivity contribution is 5.96. The quantitative estimate of drug-likeness (QED) is 0.306. The van der Waals surface area contributed by atoms with E-state index in [1.54, 1.807) is 24.3 Å². The molecule has 35 heavy (non-hydrogen) atoms. The van der Waals surface area contributed by atoms with Crippen LogP contribution in [0.2, 0.25) is 0 Å². The van der Waals surface area contributed by atoms with Crippen LogP contribution in [0.4, 0.5) is 4.39 Å². The molecule has 1 unspecified atom stereocenters. The summed E-state index contributed by atoms with van der Waals surface area (Å²) in [6.45, 7) is 6.54. The zero-order valence-electron chi connectivity index (χ0n) is 20.4. The van der Waals surface area contributed by atoms with Gasteiger partial charge in [0, 0.05) is 12.1 Å². The zero-order chi connectivity index (χ0) is 24.9. The molecular formula is C29H30FN3O2. The topological polar surface area (TPSA) is 55.2 Å². The molecule has 4 rings (SSSR count). The van der Waals surface area contributed by atoms with Crippen molar-refractivity contribution < 1.29 is 9.18 Å². The molecule has 0 fully saturated rings. The molecule has 1 aromatic heterocycles. The summed E-state index contributed by atoms with van der Waals surface area (Å²) >= 11 is 0. The van der Waals surface area contributed by atoms with Gasteiger partial charge in [-0.15, -0.1) is 0 Å². The number of hydrogen-bond acceptors (Lipinski definition) is 3. The van der Waals surface area contributed by atoms with Gasteiger partial charge in [0.1, 0.15) is 11.6 Å². The predicted octanol–water partition coefficient (Wildman–Crippen LogP) is 6.23. The third-order valence-corrected chi connectivity index (χ3v) is 6.34. The fourth-order valence-electron chi connectivity index (χ4n) is 4.45. The molecule has 180 valence electrons. The smallest absolute Gasteiger partial charge is 0.266 e. The van der Waals surface area contributed by atoms with E-state index in [9.17, 15) is 14.0 Å². The van der Waals surface area contributed by atoms with Crippen molar-refractivity contribution in [2.75, 3.05) is 6.54 Å². The summed E-state index contributed by atoms with van der Waals surface area (Å²) in [7, 11) is 0. The van der Waals surface area contributed by atoms with Crippen LogP contribution >= 0.6 is 0 Å². The first-order chi connectivity index (χ1) is 17.0. The Morgan fingerprint density at radius 2 is 1.69 bits per heavy atom. The molecule has 1 heterocycles. The van der Waals surface area contributed by atoms with Gasteiger partial charge in [0.05, 0.1) is 22.6 Å². The van der Waals surface area contributed by atoms with Crippen LogP contribution in [0.15, 0.2) is 77.6 Å². The molecule has 0 aliphatic heterocycles. The molecule has 0 aliphatic rings. The van der Waals surface area contributed by atoms with Crippen LogP contribution in [0.3, 0.4) is 0 Å². The minimum atomic E-state index is -0.448. The second kappa shape index (κ2) is 10.6. The van der Waals surface area contributed by atoms with Crippen LogP contribution in [0, 0.1) is 12.7 Å². The maximum absolute atomic E-state index is 13.8. The van der Waals surface area contributed by atoms with Crippen LogP contribution < -0.4 is 5.56 Å². The van der Waals surface area contributed by atoms with Gasteiger partial charge in [-0.1, -0.05) is 50.6 Å². The number of fused-ring (bicyclic) bond motifs is 1. The van der Waals surface area contributed by atoms with Gasteiger partial charge in [0.25, 0.3) is 11.5 Å². The molecule has 3 aromatic carbocycles. The van der Waals surface area contributed by atoms with Crippen molar-refractivity contribution in [1.29, 1.82) is 0 Å². The Bertz CT molecular complexity index is 1400. The van der Waals surface area contributed by atoms with E-state index in [2.05, 4.69) is 6.92 Å². The minimum absolute atomic E-state index is 0.0866. The van der Waals surface area contributed by atoms with Crippen LogP contribution in [-0.2, 0) is 0 Å². The third-order valence-electron chi connectivity index (χ3n) is 6.34. The first-order valence-corrected chi connectivity index (χ1v) is 12.1. The lowest BCUT2D eigenvalue weighted by atomic mass is 10.0. The summed E-state index contributed by atoms with van der Waals surface area (Å²) in [6, 6.07) is 20.1. The molecule has 5 nitrogen and oxygen atoms in total. The third kappa shape index (κ3) is 4.87. The molecule has 0 saturated heterocycles. The highest BCUT2D eigenvalue weighted by atomic mass is 19.1. The monoisotopic (exact) mass is 471 g/mol. The number of aromatic nitrogens is 2. The molecule has 0 spiro atoms. The SMILES string of the molecule is CCCCN(C(=O)c1ccccc1C)C(CC)c1nc2ccccc2c(=O)n1-c1ccc(F)cc1. The summed E-state index contributed by atoms with van der Waals surface area (Å²) in [5, 5.41) is 0.473. The maximum Gasteiger partial charge on any atom is 0.266 e. The second-order valence-corrected chi connectivity index (χ2v) is 8.70. The van der Waals surface area contributed by atoms with E-state index < -0.39 is 6.04 Å². The van der Waals surface area contributed by atoms with Crippen LogP contribution in [-0.4, -0.2) is 26.9 Å². The predicted molar refractivity (Wildman–Crippen MR) is 137 cm³/mol. The Morgan fingerprint density at radius 3 is 2.37 bits per heavy atom. The molecule has 0 bridgehead atoms. The number of nitrogens with zero attached hydrogens (tertiary/aromatic N) is 3. The molecule has 4 aromatic rings. The van der Waals surface area contributed by atoms with Gasteiger partial charge in [0.15, 0.2) is 0 Å². The molecule has 1 amide bonds. The van der Waals surface area contributed by atoms with E-state index in [0.717, 1.165) is 18.4 Å². The highest BCUT2D eigenvalue weighted by Gasteiger charge is 2.30. The van der Waals surface area contributed by atoms with Gasteiger partial charge in [-0.25, -0.2) is 9.37 Å². The van der Waals surface area contributed by atoms with E-state index in [1.807, 2.05) is 55.1 Å². The van der Waals surface area contributed by atoms with Crippen LogP contribution in [0.25, 0.3) is 16.6 Å². The second-order valence-electron chi connectivity index (χ2n) is 8.70. The number of unbranched alkanes of at least 4 members (excludes halogenated alkanes) is 1. The Labute approximate surface area is 204 Å². The van der Waals surface area contributed by atoms with Crippen molar-refractivity contribution >= 4 is 16.8 Å². The Morgan fingerprint density at radius 1 is 1.00 bits per heavy atom. The maximum atomic E-state index is 13.8. The number of rotatable bonds is 8. The molecule has 0 aliphatic carbocycles. The first-order valence-electron chi connectivity index (χ1n) is 12.1. The number of aryl methyl sites for hydroxylation is 1. The molecule has 0 N–H and O–H groups in total. The van der Waals surface area contributed by atoms with Gasteiger partial charge in [-0.3, -0.25) is 14.2 Å². The standard InChI is InChI=1S/C29H30FN3O2/c1-4-6-19-32(28(34)23-12-8-7-11-20(23)3)26(5-2)27-31-25-14-10-9-13-24(25)29(35)33(27)22-17-15-21(30)16-18-22/h7-18,26H,4-6,19H2,1-3H3. The lowest BCUT2D eigenvalue weighted by Gasteiger charge is -2.33. The molecule has 6 heteroatoms. The normalized spacial score (nSPS) is 12.0. The van der Waals surface area contributed by atoms with Gasteiger partial charge in [-0.2, -0.15) is 0 Å². The number of carbonyl (C=O) groups excluding carboxylic acids is 1. The number of carbonyl (C=O) groups is 1. The van der Waals surface area contributed by atoms with E-state index in [1.165, 1.54) is 16.7 Å². The number of para-hydroxylation sites is 1. The summed E-state index contributed by atoms with van der Waals surface area (Å²) in [5.74, 6) is 0.000695. The average Bonchev–Trinajstić information content (AvgIpc) is 2.87. The van der Waals surface area contributed by atoms with E-state index in [-0.39, 0.29) is 17.3 Å². The van der Waals surface area contributed by atoms with Crippen LogP contribution in [0.1, 0.15) is 60.9 Å². The summed E-state index contributed by atoms with van der Waals surface area (Å²) in [5.41, 5.74) is 2.38. The van der Waals surface area contributed by atoms with Crippen molar-refractivity contribution in [3.63, 3.8) is 0 Å². The number of amides is 1. The number of hydrogen-bond donors (Lipinski definition) is 0. The fraction of sp³-hybridized carbons (Fsp3) is 0.276. The summed E-state index contributed by atoms with van der Waals surface area (Å²) in [6.07, 6.45) is 2.31. The molecule has 0 saturated carbocycles. The van der Waals surface area contributed by atoms with Crippen molar-refractivity contribution in [2.45, 2.75) is 46.1 Å². The number of benzene rings is 3. The van der Waals surface area contributed by atoms with Crippen molar-refractivity contribution in [3.8, 4) is 5.69 Å². The first kappa shape index (κ1) is 24.3. The van der Waals surface area contributed by atoms with Crippen LogP contribution in [0.5, 0.6) is 0 Å². The van der Waals surface area contributed by atoms with Crippen molar-refractivity contribution in [1.82, 2.24) is 14.5 Å². The molecule has 0 radical (unpaired) electrons. The zero-order valence-corrected chi connectivity index (χ0v) is 20.4. The van der Waals surface area contributed by atoms with Gasteiger partial charge >= 0.3 is 0 Å². The lowest BCUT2D eigenvalue weighted by Crippen LogP contribution is -2.39. The van der Waals surface area contributed by atoms with E-state index in [0.29, 0.717) is 40.9 Å². The number of halogens is 1. The van der Waals surface area contributed by atoms with Gasteiger partial charge in [0.2, 0.25) is 0 Å². The fourth-order valence-corrected chi connectivity index (χ4v) is 4.45. The van der Waals surface area contributed by atoms with Crippen molar-refractivity contribution in [3.05, 3.63) is 106 Å².